The Labute approximate surface area is 197 Å². The lowest BCUT2D eigenvalue weighted by Gasteiger charge is -2.34. The van der Waals surface area contributed by atoms with Crippen LogP contribution < -0.4 is 15.0 Å². The molecule has 1 saturated heterocycles. The van der Waals surface area contributed by atoms with E-state index in [4.69, 9.17) is 4.74 Å². The number of halogens is 1. The average Bonchev–Trinajstić information content (AvgIpc) is 3.43. The van der Waals surface area contributed by atoms with E-state index in [1.807, 2.05) is 11.1 Å². The molecule has 11 heteroatoms. The number of aromatic nitrogens is 3. The maximum Gasteiger partial charge on any atom is 0.262 e. The molecule has 6 rings (SSSR count). The van der Waals surface area contributed by atoms with Gasteiger partial charge in [0.15, 0.2) is 6.61 Å². The molecule has 0 aliphatic carbocycles. The van der Waals surface area contributed by atoms with Gasteiger partial charge in [0.05, 0.1) is 17.6 Å². The number of piperazine rings is 1. The van der Waals surface area contributed by atoms with Gasteiger partial charge in [-0.3, -0.25) is 9.59 Å². The Morgan fingerprint density at radius 2 is 1.88 bits per heavy atom. The van der Waals surface area contributed by atoms with Gasteiger partial charge in [-0.05, 0) is 42.5 Å². The zero-order chi connectivity index (χ0) is 23.2. The average molecular weight is 479 g/mol. The van der Waals surface area contributed by atoms with Crippen molar-refractivity contribution in [2.45, 2.75) is 0 Å². The summed E-state index contributed by atoms with van der Waals surface area (Å²) in [5, 5.41) is 8.23. The molecule has 1 fully saturated rings. The molecule has 4 heterocycles. The summed E-state index contributed by atoms with van der Waals surface area (Å²) in [7, 11) is 0. The molecule has 2 aliphatic heterocycles. The van der Waals surface area contributed by atoms with Gasteiger partial charge in [-0.2, -0.15) is 0 Å². The Hall–Kier alpha value is -3.99. The number of hydrogen-bond acceptors (Lipinski definition) is 7. The highest BCUT2D eigenvalue weighted by Crippen LogP contribution is 2.30. The highest BCUT2D eigenvalue weighted by molar-refractivity contribution is 7.20. The molecule has 2 amide bonds. The molecule has 9 nitrogen and oxygen atoms in total. The predicted octanol–water partition coefficient (Wildman–Crippen LogP) is 2.89. The summed E-state index contributed by atoms with van der Waals surface area (Å²) in [5.41, 5.74) is 2.69. The van der Waals surface area contributed by atoms with Crippen LogP contribution in [0.15, 0.2) is 48.7 Å². The fourth-order valence-corrected chi connectivity index (χ4v) is 5.00. The predicted molar refractivity (Wildman–Crippen MR) is 125 cm³/mol. The smallest absolute Gasteiger partial charge is 0.262 e. The molecule has 1 N–H and O–H groups in total. The monoisotopic (exact) mass is 478 g/mol. The van der Waals surface area contributed by atoms with E-state index in [-0.39, 0.29) is 24.2 Å². The van der Waals surface area contributed by atoms with Crippen molar-refractivity contribution in [1.29, 1.82) is 0 Å². The summed E-state index contributed by atoms with van der Waals surface area (Å²) in [4.78, 5) is 33.8. The SMILES string of the molecule is O=C1COc2cc(C(=O)N3CCN(c4nn5cc(-c6ccc(F)cc6)nc5s4)CC3)ccc2N1. The number of amides is 2. The molecule has 0 bridgehead atoms. The second-order valence-corrected chi connectivity index (χ2v) is 9.01. The molecular formula is C23H19FN6O3S. The fraction of sp³-hybridized carbons (Fsp3) is 0.217. The van der Waals surface area contributed by atoms with Crippen molar-refractivity contribution in [2.24, 2.45) is 0 Å². The van der Waals surface area contributed by atoms with E-state index in [9.17, 15) is 14.0 Å². The largest absolute Gasteiger partial charge is 0.482 e. The molecule has 2 aromatic carbocycles. The standard InChI is InChI=1S/C23H19FN6O3S/c24-16-4-1-14(2-5-16)18-12-30-22(26-18)34-23(27-30)29-9-7-28(8-10-29)21(32)15-3-6-17-19(11-15)33-13-20(31)25-17/h1-6,11-12H,7-10,13H2,(H,25,31). The van der Waals surface area contributed by atoms with Crippen LogP contribution in [0.3, 0.4) is 0 Å². The summed E-state index contributed by atoms with van der Waals surface area (Å²) < 4.78 is 20.3. The Morgan fingerprint density at radius 3 is 2.65 bits per heavy atom. The maximum absolute atomic E-state index is 13.2. The normalized spacial score (nSPS) is 15.7. The van der Waals surface area contributed by atoms with Crippen molar-refractivity contribution in [2.75, 3.05) is 43.0 Å². The Morgan fingerprint density at radius 1 is 1.09 bits per heavy atom. The van der Waals surface area contributed by atoms with Crippen LogP contribution in [-0.2, 0) is 4.79 Å². The zero-order valence-electron chi connectivity index (χ0n) is 17.9. The lowest BCUT2D eigenvalue weighted by Crippen LogP contribution is -2.48. The molecule has 0 unspecified atom stereocenters. The second-order valence-electron chi connectivity index (χ2n) is 8.07. The molecule has 2 aromatic heterocycles. The van der Waals surface area contributed by atoms with E-state index in [1.54, 1.807) is 34.8 Å². The van der Waals surface area contributed by atoms with Gasteiger partial charge in [0.1, 0.15) is 11.6 Å². The van der Waals surface area contributed by atoms with Crippen LogP contribution in [0.4, 0.5) is 15.2 Å². The minimum Gasteiger partial charge on any atom is -0.482 e. The molecule has 0 atom stereocenters. The van der Waals surface area contributed by atoms with Gasteiger partial charge in [-0.25, -0.2) is 13.9 Å². The van der Waals surface area contributed by atoms with Crippen molar-refractivity contribution in [3.63, 3.8) is 0 Å². The maximum atomic E-state index is 13.2. The first-order valence-electron chi connectivity index (χ1n) is 10.8. The van der Waals surface area contributed by atoms with Gasteiger partial charge in [0.25, 0.3) is 11.8 Å². The fourth-order valence-electron chi connectivity index (χ4n) is 4.07. The number of carbonyl (C=O) groups excluding carboxylic acids is 2. The third-order valence-corrected chi connectivity index (χ3v) is 6.85. The van der Waals surface area contributed by atoms with E-state index in [0.717, 1.165) is 21.3 Å². The summed E-state index contributed by atoms with van der Waals surface area (Å²) in [6.07, 6.45) is 1.84. The number of rotatable bonds is 3. The first kappa shape index (κ1) is 20.6. The number of ether oxygens (including phenoxy) is 1. The highest BCUT2D eigenvalue weighted by Gasteiger charge is 2.26. The van der Waals surface area contributed by atoms with E-state index in [1.165, 1.54) is 23.5 Å². The van der Waals surface area contributed by atoms with Crippen LogP contribution in [0, 0.1) is 5.82 Å². The molecule has 34 heavy (non-hydrogen) atoms. The number of carbonyl (C=O) groups is 2. The molecule has 4 aromatic rings. The quantitative estimate of drug-likeness (QED) is 0.487. The van der Waals surface area contributed by atoms with Crippen LogP contribution in [0.1, 0.15) is 10.4 Å². The van der Waals surface area contributed by atoms with Gasteiger partial charge < -0.3 is 19.9 Å². The molecule has 172 valence electrons. The molecule has 0 spiro atoms. The number of nitrogens with zero attached hydrogens (tertiary/aromatic N) is 5. The second kappa shape index (κ2) is 8.10. The van der Waals surface area contributed by atoms with Crippen LogP contribution in [-0.4, -0.2) is 64.1 Å². The van der Waals surface area contributed by atoms with Crippen LogP contribution in [0.25, 0.3) is 16.2 Å². The van der Waals surface area contributed by atoms with Gasteiger partial charge >= 0.3 is 0 Å². The number of imidazole rings is 1. The third-order valence-electron chi connectivity index (χ3n) is 5.87. The van der Waals surface area contributed by atoms with E-state index < -0.39 is 0 Å². The number of hydrogen-bond donors (Lipinski definition) is 1. The number of fused-ring (bicyclic) bond motifs is 2. The van der Waals surface area contributed by atoms with Crippen molar-refractivity contribution >= 4 is 38.9 Å². The van der Waals surface area contributed by atoms with Crippen LogP contribution >= 0.6 is 11.3 Å². The molecule has 0 radical (unpaired) electrons. The molecule has 0 saturated carbocycles. The zero-order valence-corrected chi connectivity index (χ0v) is 18.7. The number of nitrogens with one attached hydrogen (secondary N) is 1. The summed E-state index contributed by atoms with van der Waals surface area (Å²) in [6.45, 7) is 2.40. The van der Waals surface area contributed by atoms with Crippen molar-refractivity contribution in [1.82, 2.24) is 19.5 Å². The minimum absolute atomic E-state index is 0.0496. The topological polar surface area (TPSA) is 92.1 Å². The molecule has 2 aliphatic rings. The van der Waals surface area contributed by atoms with Gasteiger partial charge in [0, 0.05) is 37.3 Å². The lowest BCUT2D eigenvalue weighted by atomic mass is 10.1. The first-order chi connectivity index (χ1) is 16.5. The summed E-state index contributed by atoms with van der Waals surface area (Å²) in [5.74, 6) is -0.0451. The van der Waals surface area contributed by atoms with Crippen LogP contribution in [0.2, 0.25) is 0 Å². The van der Waals surface area contributed by atoms with Crippen molar-refractivity contribution < 1.29 is 18.7 Å². The van der Waals surface area contributed by atoms with Gasteiger partial charge in [-0.1, -0.05) is 11.3 Å². The highest BCUT2D eigenvalue weighted by atomic mass is 32.1. The van der Waals surface area contributed by atoms with Crippen molar-refractivity contribution in [3.05, 3.63) is 60.0 Å². The Bertz CT molecular complexity index is 1380. The molecular weight excluding hydrogens is 459 g/mol. The number of benzene rings is 2. The number of anilines is 2. The summed E-state index contributed by atoms with van der Waals surface area (Å²) in [6, 6.07) is 11.3. The Balaban J connectivity index is 1.12. The third kappa shape index (κ3) is 3.73. The van der Waals surface area contributed by atoms with E-state index >= 15 is 0 Å². The van der Waals surface area contributed by atoms with E-state index in [0.29, 0.717) is 43.2 Å². The Kier molecular flexibility index (Phi) is 4.91. The van der Waals surface area contributed by atoms with Crippen LogP contribution in [0.5, 0.6) is 5.75 Å². The van der Waals surface area contributed by atoms with Gasteiger partial charge in [0.2, 0.25) is 10.1 Å². The van der Waals surface area contributed by atoms with E-state index in [2.05, 4.69) is 20.3 Å². The summed E-state index contributed by atoms with van der Waals surface area (Å²) >= 11 is 1.48. The van der Waals surface area contributed by atoms with Gasteiger partial charge in [-0.15, -0.1) is 5.10 Å². The first-order valence-corrected chi connectivity index (χ1v) is 11.6. The minimum atomic E-state index is -0.281. The lowest BCUT2D eigenvalue weighted by molar-refractivity contribution is -0.118. The van der Waals surface area contributed by atoms with Crippen molar-refractivity contribution in [3.8, 4) is 17.0 Å².